The van der Waals surface area contributed by atoms with E-state index in [0.717, 1.165) is 44.0 Å². The second-order valence-electron chi connectivity index (χ2n) is 4.89. The maximum absolute atomic E-state index is 12.1. The van der Waals surface area contributed by atoms with E-state index in [1.54, 1.807) is 7.11 Å². The number of urea groups is 1. The monoisotopic (exact) mass is 277 g/mol. The second-order valence-corrected chi connectivity index (χ2v) is 4.89. The van der Waals surface area contributed by atoms with Crippen LogP contribution in [0.3, 0.4) is 0 Å². The van der Waals surface area contributed by atoms with Crippen molar-refractivity contribution < 1.29 is 9.53 Å². The minimum absolute atomic E-state index is 0.00617. The maximum Gasteiger partial charge on any atom is 0.317 e. The van der Waals surface area contributed by atoms with Gasteiger partial charge in [-0.3, -0.25) is 0 Å². The lowest BCUT2D eigenvalue weighted by atomic mass is 10.2. The Hall–Kier alpha value is -1.75. The number of carbonyl (C=O) groups is 1. The Labute approximate surface area is 120 Å². The summed E-state index contributed by atoms with van der Waals surface area (Å²) in [7, 11) is 1.64. The quantitative estimate of drug-likeness (QED) is 0.908. The van der Waals surface area contributed by atoms with Crippen molar-refractivity contribution in [1.82, 2.24) is 15.1 Å². The molecule has 1 fully saturated rings. The van der Waals surface area contributed by atoms with Gasteiger partial charge in [-0.2, -0.15) is 0 Å². The highest BCUT2D eigenvalue weighted by Gasteiger charge is 2.19. The minimum Gasteiger partial charge on any atom is -0.496 e. The van der Waals surface area contributed by atoms with Crippen LogP contribution in [0.4, 0.5) is 4.79 Å². The summed E-state index contributed by atoms with van der Waals surface area (Å²) in [4.78, 5) is 16.3. The van der Waals surface area contributed by atoms with E-state index in [9.17, 15) is 4.79 Å². The Balaban J connectivity index is 1.83. The summed E-state index contributed by atoms with van der Waals surface area (Å²) < 4.78 is 5.28. The molecule has 0 aromatic heterocycles. The molecular formula is C15H23N3O2. The maximum atomic E-state index is 12.1. The van der Waals surface area contributed by atoms with Crippen molar-refractivity contribution in [3.63, 3.8) is 0 Å². The first-order valence-electron chi connectivity index (χ1n) is 7.11. The van der Waals surface area contributed by atoms with Gasteiger partial charge >= 0.3 is 6.03 Å². The van der Waals surface area contributed by atoms with Gasteiger partial charge in [-0.05, 0) is 12.6 Å². The molecule has 20 heavy (non-hydrogen) atoms. The van der Waals surface area contributed by atoms with Crippen molar-refractivity contribution in [2.75, 3.05) is 39.8 Å². The number of likely N-dealkylation sites (N-methyl/N-ethyl adjacent to an activating group) is 1. The molecule has 1 heterocycles. The molecule has 2 rings (SSSR count). The van der Waals surface area contributed by atoms with Crippen molar-refractivity contribution >= 4 is 6.03 Å². The van der Waals surface area contributed by atoms with Crippen molar-refractivity contribution in [2.45, 2.75) is 13.5 Å². The number of carbonyl (C=O) groups excluding carboxylic acids is 1. The molecule has 1 N–H and O–H groups in total. The molecule has 110 valence electrons. The number of rotatable bonds is 4. The first-order valence-corrected chi connectivity index (χ1v) is 7.11. The second kappa shape index (κ2) is 7.14. The van der Waals surface area contributed by atoms with E-state index in [1.807, 2.05) is 29.2 Å². The number of amides is 2. The number of methoxy groups -OCH3 is 1. The zero-order valence-corrected chi connectivity index (χ0v) is 12.3. The van der Waals surface area contributed by atoms with Gasteiger partial charge in [-0.15, -0.1) is 0 Å². The Morgan fingerprint density at radius 1 is 1.25 bits per heavy atom. The average molecular weight is 277 g/mol. The smallest absolute Gasteiger partial charge is 0.317 e. The zero-order chi connectivity index (χ0) is 14.4. The number of nitrogens with one attached hydrogen (secondary N) is 1. The lowest BCUT2D eigenvalue weighted by Gasteiger charge is -2.34. The molecule has 0 atom stereocenters. The van der Waals surface area contributed by atoms with Crippen LogP contribution in [0.15, 0.2) is 24.3 Å². The zero-order valence-electron chi connectivity index (χ0n) is 12.3. The summed E-state index contributed by atoms with van der Waals surface area (Å²) in [5.74, 6) is 0.809. The summed E-state index contributed by atoms with van der Waals surface area (Å²) in [6.07, 6.45) is 0. The van der Waals surface area contributed by atoms with Crippen molar-refractivity contribution in [2.24, 2.45) is 0 Å². The van der Waals surface area contributed by atoms with Crippen molar-refractivity contribution in [3.8, 4) is 5.75 Å². The molecule has 0 spiro atoms. The first-order chi connectivity index (χ1) is 9.74. The van der Waals surface area contributed by atoms with Gasteiger partial charge in [0.1, 0.15) is 5.75 Å². The van der Waals surface area contributed by atoms with Crippen LogP contribution >= 0.6 is 0 Å². The van der Waals surface area contributed by atoms with E-state index in [2.05, 4.69) is 17.1 Å². The Morgan fingerprint density at radius 2 is 1.95 bits per heavy atom. The van der Waals surface area contributed by atoms with Gasteiger partial charge in [0.05, 0.1) is 7.11 Å². The lowest BCUT2D eigenvalue weighted by molar-refractivity contribution is 0.142. The molecule has 0 aliphatic carbocycles. The van der Waals surface area contributed by atoms with Crippen LogP contribution in [-0.2, 0) is 6.54 Å². The number of benzene rings is 1. The van der Waals surface area contributed by atoms with E-state index >= 15 is 0 Å². The van der Waals surface area contributed by atoms with Crippen LogP contribution in [-0.4, -0.2) is 55.7 Å². The molecule has 2 amide bonds. The Kier molecular flexibility index (Phi) is 5.24. The summed E-state index contributed by atoms with van der Waals surface area (Å²) >= 11 is 0. The number of nitrogens with zero attached hydrogens (tertiary/aromatic N) is 2. The topological polar surface area (TPSA) is 44.8 Å². The predicted octanol–water partition coefficient (Wildman–Crippen LogP) is 1.54. The summed E-state index contributed by atoms with van der Waals surface area (Å²) in [5.41, 5.74) is 0.996. The average Bonchev–Trinajstić information content (AvgIpc) is 2.53. The Bertz CT molecular complexity index is 442. The fraction of sp³-hybridized carbons (Fsp3) is 0.533. The van der Waals surface area contributed by atoms with Crippen LogP contribution in [0.1, 0.15) is 12.5 Å². The minimum atomic E-state index is 0.00617. The third-order valence-corrected chi connectivity index (χ3v) is 3.73. The summed E-state index contributed by atoms with van der Waals surface area (Å²) in [5, 5.41) is 2.96. The predicted molar refractivity (Wildman–Crippen MR) is 78.9 cm³/mol. The molecule has 1 aromatic rings. The van der Waals surface area contributed by atoms with E-state index in [4.69, 9.17) is 4.74 Å². The molecular weight excluding hydrogens is 254 g/mol. The fourth-order valence-electron chi connectivity index (χ4n) is 2.40. The standard InChI is InChI=1S/C15H23N3O2/c1-3-17-8-10-18(11-9-17)15(19)16-12-13-6-4-5-7-14(13)20-2/h4-7H,3,8-12H2,1-2H3,(H,16,19). The number of para-hydroxylation sites is 1. The molecule has 5 nitrogen and oxygen atoms in total. The molecule has 5 heteroatoms. The third kappa shape index (κ3) is 3.63. The number of piperazine rings is 1. The van der Waals surface area contributed by atoms with E-state index in [-0.39, 0.29) is 6.03 Å². The highest BCUT2D eigenvalue weighted by atomic mass is 16.5. The van der Waals surface area contributed by atoms with Gasteiger partial charge in [-0.25, -0.2) is 4.79 Å². The van der Waals surface area contributed by atoms with Crippen LogP contribution in [0.25, 0.3) is 0 Å². The highest BCUT2D eigenvalue weighted by molar-refractivity contribution is 5.74. The normalized spacial score (nSPS) is 16.0. The molecule has 0 radical (unpaired) electrons. The molecule has 1 aliphatic rings. The van der Waals surface area contributed by atoms with Gasteiger partial charge < -0.3 is 19.9 Å². The van der Waals surface area contributed by atoms with Gasteiger partial charge in [0.2, 0.25) is 0 Å². The van der Waals surface area contributed by atoms with Crippen LogP contribution in [0, 0.1) is 0 Å². The van der Waals surface area contributed by atoms with Crippen LogP contribution in [0.5, 0.6) is 5.75 Å². The fourth-order valence-corrected chi connectivity index (χ4v) is 2.40. The molecule has 1 aromatic carbocycles. The molecule has 0 unspecified atom stereocenters. The lowest BCUT2D eigenvalue weighted by Crippen LogP contribution is -2.51. The van der Waals surface area contributed by atoms with Gasteiger partial charge in [0.25, 0.3) is 0 Å². The van der Waals surface area contributed by atoms with Crippen LogP contribution < -0.4 is 10.1 Å². The third-order valence-electron chi connectivity index (χ3n) is 3.73. The Morgan fingerprint density at radius 3 is 2.60 bits per heavy atom. The molecule has 1 aliphatic heterocycles. The summed E-state index contributed by atoms with van der Waals surface area (Å²) in [6, 6.07) is 7.75. The highest BCUT2D eigenvalue weighted by Crippen LogP contribution is 2.16. The largest absolute Gasteiger partial charge is 0.496 e. The number of hydrogen-bond donors (Lipinski definition) is 1. The van der Waals surface area contributed by atoms with Gasteiger partial charge in [0.15, 0.2) is 0 Å². The van der Waals surface area contributed by atoms with E-state index < -0.39 is 0 Å². The molecule has 0 bridgehead atoms. The number of ether oxygens (including phenoxy) is 1. The summed E-state index contributed by atoms with van der Waals surface area (Å²) in [6.45, 7) is 7.21. The van der Waals surface area contributed by atoms with E-state index in [1.165, 1.54) is 0 Å². The SMILES string of the molecule is CCN1CCN(C(=O)NCc2ccccc2OC)CC1. The van der Waals surface area contributed by atoms with Crippen LogP contribution in [0.2, 0.25) is 0 Å². The number of hydrogen-bond acceptors (Lipinski definition) is 3. The van der Waals surface area contributed by atoms with Crippen molar-refractivity contribution in [3.05, 3.63) is 29.8 Å². The van der Waals surface area contributed by atoms with E-state index in [0.29, 0.717) is 6.54 Å². The van der Waals surface area contributed by atoms with Gasteiger partial charge in [-0.1, -0.05) is 25.1 Å². The van der Waals surface area contributed by atoms with Crippen molar-refractivity contribution in [1.29, 1.82) is 0 Å². The molecule has 1 saturated heterocycles. The van der Waals surface area contributed by atoms with Gasteiger partial charge in [0, 0.05) is 38.3 Å². The first kappa shape index (κ1) is 14.7. The molecule has 0 saturated carbocycles.